The molecule has 1 fully saturated rings. The number of hydrogen-bond donors (Lipinski definition) is 1. The maximum Gasteiger partial charge on any atom is 0.143 e. The summed E-state index contributed by atoms with van der Waals surface area (Å²) in [6.07, 6.45) is 5.87. The fourth-order valence-electron chi connectivity index (χ4n) is 3.20. The molecule has 1 atom stereocenters. The second-order valence-electron chi connectivity index (χ2n) is 5.96. The third-order valence-electron chi connectivity index (χ3n) is 4.50. The quantitative estimate of drug-likeness (QED) is 0.864. The second-order valence-corrected chi connectivity index (χ2v) is 5.96. The molecule has 2 aliphatic carbocycles. The summed E-state index contributed by atoms with van der Waals surface area (Å²) in [5, 5.41) is 12.9. The lowest BCUT2D eigenvalue weighted by molar-refractivity contribution is 0.204. The Kier molecular flexibility index (Phi) is 3.67. The van der Waals surface area contributed by atoms with Crippen molar-refractivity contribution in [2.45, 2.75) is 44.6 Å². The predicted octanol–water partition coefficient (Wildman–Crippen LogP) is 2.84. The molecule has 0 amide bonds. The van der Waals surface area contributed by atoms with Crippen LogP contribution >= 0.6 is 0 Å². The molecule has 2 aliphatic rings. The van der Waals surface area contributed by atoms with Crippen LogP contribution in [0.5, 0.6) is 5.75 Å². The highest BCUT2D eigenvalue weighted by Gasteiger charge is 2.46. The largest absolute Gasteiger partial charge is 0.491 e. The summed E-state index contributed by atoms with van der Waals surface area (Å²) in [5.41, 5.74) is 2.37. The first-order chi connectivity index (χ1) is 9.77. The van der Waals surface area contributed by atoms with E-state index in [1.807, 2.05) is 13.0 Å². The van der Waals surface area contributed by atoms with E-state index in [0.29, 0.717) is 12.5 Å². The van der Waals surface area contributed by atoms with Crippen LogP contribution in [-0.4, -0.2) is 18.7 Å². The van der Waals surface area contributed by atoms with Crippen LogP contribution in [0.4, 0.5) is 0 Å². The number of nitrogens with zero attached hydrogens (tertiary/aromatic N) is 1. The number of ether oxygens (including phenoxy) is 1. The van der Waals surface area contributed by atoms with Crippen LogP contribution in [0.3, 0.4) is 0 Å². The number of nitrogens with one attached hydrogen (secondary N) is 1. The summed E-state index contributed by atoms with van der Waals surface area (Å²) < 4.78 is 5.96. The molecule has 0 aliphatic heterocycles. The predicted molar refractivity (Wildman–Crippen MR) is 78.7 cm³/mol. The van der Waals surface area contributed by atoms with Crippen LogP contribution in [0.2, 0.25) is 0 Å². The van der Waals surface area contributed by atoms with Crippen molar-refractivity contribution in [1.29, 1.82) is 5.26 Å². The van der Waals surface area contributed by atoms with Crippen molar-refractivity contribution < 1.29 is 4.74 Å². The number of hydrogen-bond acceptors (Lipinski definition) is 3. The van der Waals surface area contributed by atoms with Gasteiger partial charge in [0.25, 0.3) is 0 Å². The first-order valence-electron chi connectivity index (χ1n) is 7.68. The smallest absolute Gasteiger partial charge is 0.143 e. The highest BCUT2D eigenvalue weighted by Crippen LogP contribution is 2.40. The van der Waals surface area contributed by atoms with Gasteiger partial charge >= 0.3 is 0 Å². The average Bonchev–Trinajstić information content (AvgIpc) is 3.22. The Hall–Kier alpha value is -1.53. The van der Waals surface area contributed by atoms with Crippen LogP contribution in [0, 0.1) is 17.2 Å². The molecule has 0 spiro atoms. The Morgan fingerprint density at radius 1 is 1.35 bits per heavy atom. The fraction of sp³-hybridized carbons (Fsp3) is 0.588. The number of likely N-dealkylation sites (N-methyl/N-ethyl adjacent to an activating group) is 1. The second kappa shape index (κ2) is 5.46. The molecule has 0 bridgehead atoms. The normalized spacial score (nSPS) is 20.0. The molecule has 0 aromatic heterocycles. The Bertz CT molecular complexity index is 530. The minimum atomic E-state index is -0.506. The number of aryl methyl sites for hydroxylation is 2. The maximum atomic E-state index is 9.56. The van der Waals surface area contributed by atoms with Gasteiger partial charge in [-0.2, -0.15) is 5.26 Å². The number of benzene rings is 1. The first-order valence-corrected chi connectivity index (χ1v) is 7.68. The Labute approximate surface area is 120 Å². The maximum absolute atomic E-state index is 9.56. The monoisotopic (exact) mass is 270 g/mol. The standard InChI is InChI=1S/C17H22N2O/c1-2-19-17(11-18,15-7-8-15)12-20-16-9-6-13-4-3-5-14(13)10-16/h6,9-10,15,19H,2-5,7-8,12H2,1H3. The van der Waals surface area contributed by atoms with E-state index in [4.69, 9.17) is 4.74 Å². The molecule has 0 radical (unpaired) electrons. The SMILES string of the molecule is CCNC(C#N)(COc1ccc2c(c1)CCC2)C1CC1. The molecule has 20 heavy (non-hydrogen) atoms. The van der Waals surface area contributed by atoms with E-state index in [1.165, 1.54) is 24.0 Å². The van der Waals surface area contributed by atoms with Gasteiger partial charge in [-0.3, -0.25) is 5.32 Å². The first kappa shape index (κ1) is 13.5. The van der Waals surface area contributed by atoms with E-state index in [1.54, 1.807) is 0 Å². The zero-order chi connectivity index (χ0) is 14.0. The highest BCUT2D eigenvalue weighted by molar-refractivity contribution is 5.38. The van der Waals surface area contributed by atoms with Gasteiger partial charge in [0.1, 0.15) is 17.9 Å². The van der Waals surface area contributed by atoms with E-state index in [-0.39, 0.29) is 0 Å². The average molecular weight is 270 g/mol. The van der Waals surface area contributed by atoms with Crippen LogP contribution in [-0.2, 0) is 12.8 Å². The number of nitriles is 1. The molecule has 1 saturated carbocycles. The summed E-state index contributed by atoms with van der Waals surface area (Å²) in [4.78, 5) is 0. The number of fused-ring (bicyclic) bond motifs is 1. The van der Waals surface area contributed by atoms with Crippen molar-refractivity contribution in [1.82, 2.24) is 5.32 Å². The van der Waals surface area contributed by atoms with E-state index in [2.05, 4.69) is 23.5 Å². The molecular weight excluding hydrogens is 248 g/mol. The molecular formula is C17H22N2O. The Balaban J connectivity index is 1.69. The third-order valence-corrected chi connectivity index (χ3v) is 4.50. The van der Waals surface area contributed by atoms with Crippen molar-refractivity contribution in [3.05, 3.63) is 29.3 Å². The van der Waals surface area contributed by atoms with Gasteiger partial charge in [0.05, 0.1) is 6.07 Å². The van der Waals surface area contributed by atoms with E-state index in [0.717, 1.165) is 31.6 Å². The molecule has 3 heteroatoms. The zero-order valence-corrected chi connectivity index (χ0v) is 12.1. The summed E-state index contributed by atoms with van der Waals surface area (Å²) >= 11 is 0. The van der Waals surface area contributed by atoms with Crippen molar-refractivity contribution in [3.63, 3.8) is 0 Å². The molecule has 1 N–H and O–H groups in total. The minimum absolute atomic E-state index is 0.445. The lowest BCUT2D eigenvalue weighted by atomic mass is 9.96. The molecule has 0 saturated heterocycles. The zero-order valence-electron chi connectivity index (χ0n) is 12.1. The van der Waals surface area contributed by atoms with Gasteiger partial charge in [-0.15, -0.1) is 0 Å². The lowest BCUT2D eigenvalue weighted by Crippen LogP contribution is -2.50. The van der Waals surface area contributed by atoms with Crippen LogP contribution in [0.25, 0.3) is 0 Å². The summed E-state index contributed by atoms with van der Waals surface area (Å²) in [6, 6.07) is 8.84. The van der Waals surface area contributed by atoms with Crippen LogP contribution in [0.15, 0.2) is 18.2 Å². The molecule has 0 heterocycles. The van der Waals surface area contributed by atoms with Gasteiger partial charge in [-0.25, -0.2) is 0 Å². The van der Waals surface area contributed by atoms with Crippen molar-refractivity contribution in [2.75, 3.05) is 13.2 Å². The van der Waals surface area contributed by atoms with Gasteiger partial charge in [0, 0.05) is 0 Å². The number of rotatable bonds is 6. The Morgan fingerprint density at radius 2 is 2.15 bits per heavy atom. The van der Waals surface area contributed by atoms with Crippen molar-refractivity contribution >= 4 is 0 Å². The van der Waals surface area contributed by atoms with Gasteiger partial charge in [0.2, 0.25) is 0 Å². The molecule has 1 aromatic rings. The Morgan fingerprint density at radius 3 is 2.85 bits per heavy atom. The van der Waals surface area contributed by atoms with Crippen LogP contribution < -0.4 is 10.1 Å². The van der Waals surface area contributed by atoms with E-state index in [9.17, 15) is 5.26 Å². The van der Waals surface area contributed by atoms with Gasteiger partial charge < -0.3 is 4.74 Å². The summed E-state index contributed by atoms with van der Waals surface area (Å²) in [7, 11) is 0. The molecule has 3 rings (SSSR count). The molecule has 1 unspecified atom stereocenters. The van der Waals surface area contributed by atoms with Gasteiger partial charge in [-0.05, 0) is 67.8 Å². The third kappa shape index (κ3) is 2.53. The fourth-order valence-corrected chi connectivity index (χ4v) is 3.20. The summed E-state index contributed by atoms with van der Waals surface area (Å²) in [6.45, 7) is 3.29. The molecule has 106 valence electrons. The highest BCUT2D eigenvalue weighted by atomic mass is 16.5. The van der Waals surface area contributed by atoms with Crippen molar-refractivity contribution in [2.24, 2.45) is 5.92 Å². The topological polar surface area (TPSA) is 45.0 Å². The lowest BCUT2D eigenvalue weighted by Gasteiger charge is -2.27. The minimum Gasteiger partial charge on any atom is -0.491 e. The van der Waals surface area contributed by atoms with Crippen molar-refractivity contribution in [3.8, 4) is 11.8 Å². The van der Waals surface area contributed by atoms with Crippen LogP contribution in [0.1, 0.15) is 37.3 Å². The van der Waals surface area contributed by atoms with E-state index >= 15 is 0 Å². The molecule has 1 aromatic carbocycles. The summed E-state index contributed by atoms with van der Waals surface area (Å²) in [5.74, 6) is 1.35. The van der Waals surface area contributed by atoms with Gasteiger partial charge in [0.15, 0.2) is 0 Å². The van der Waals surface area contributed by atoms with E-state index < -0.39 is 5.54 Å². The van der Waals surface area contributed by atoms with Gasteiger partial charge in [-0.1, -0.05) is 13.0 Å². The molecule has 3 nitrogen and oxygen atoms in total.